The summed E-state index contributed by atoms with van der Waals surface area (Å²) in [5.74, 6) is 0. The number of rotatable bonds is 6. The highest BCUT2D eigenvalue weighted by molar-refractivity contribution is 5.51. The van der Waals surface area contributed by atoms with Gasteiger partial charge in [0.1, 0.15) is 0 Å². The Morgan fingerprint density at radius 2 is 1.60 bits per heavy atom. The molecule has 2 aromatic rings. The van der Waals surface area contributed by atoms with Crippen LogP contribution in [-0.4, -0.2) is 13.1 Å². The van der Waals surface area contributed by atoms with Gasteiger partial charge in [0, 0.05) is 25.3 Å². The third kappa shape index (κ3) is 3.40. The van der Waals surface area contributed by atoms with Gasteiger partial charge in [-0.2, -0.15) is 0 Å². The molecule has 0 radical (unpaired) electrons. The topological polar surface area (TPSA) is 29.3 Å². The van der Waals surface area contributed by atoms with Gasteiger partial charge in [-0.15, -0.1) is 0 Å². The highest BCUT2D eigenvalue weighted by Crippen LogP contribution is 2.21. The lowest BCUT2D eigenvalue weighted by Crippen LogP contribution is -2.22. The molecule has 0 spiro atoms. The van der Waals surface area contributed by atoms with E-state index >= 15 is 0 Å². The van der Waals surface area contributed by atoms with Crippen molar-refractivity contribution in [2.24, 2.45) is 5.73 Å². The Morgan fingerprint density at radius 3 is 2.20 bits per heavy atom. The molecule has 2 nitrogen and oxygen atoms in total. The highest BCUT2D eigenvalue weighted by Gasteiger charge is 2.07. The van der Waals surface area contributed by atoms with Gasteiger partial charge < -0.3 is 10.6 Å². The van der Waals surface area contributed by atoms with E-state index in [1.54, 1.807) is 0 Å². The molecule has 0 aliphatic heterocycles. The van der Waals surface area contributed by atoms with E-state index in [1.807, 2.05) is 0 Å². The summed E-state index contributed by atoms with van der Waals surface area (Å²) in [6.45, 7) is 7.02. The van der Waals surface area contributed by atoms with Crippen LogP contribution in [0.4, 0.5) is 5.69 Å². The summed E-state index contributed by atoms with van der Waals surface area (Å²) in [6.07, 6.45) is 0.950. The average Bonchev–Trinajstić information content (AvgIpc) is 2.50. The molecule has 0 saturated carbocycles. The fourth-order valence-electron chi connectivity index (χ4n) is 2.58. The van der Waals surface area contributed by atoms with Crippen molar-refractivity contribution in [1.82, 2.24) is 0 Å². The van der Waals surface area contributed by atoms with Gasteiger partial charge in [0.15, 0.2) is 0 Å². The molecular formula is C18H24N2. The molecule has 2 heteroatoms. The fourth-order valence-corrected chi connectivity index (χ4v) is 2.58. The molecule has 2 N–H and O–H groups in total. The number of benzene rings is 2. The van der Waals surface area contributed by atoms with Crippen molar-refractivity contribution in [3.05, 3.63) is 65.2 Å². The predicted molar refractivity (Wildman–Crippen MR) is 87.1 cm³/mol. The molecule has 0 aromatic heterocycles. The summed E-state index contributed by atoms with van der Waals surface area (Å²) < 4.78 is 0. The van der Waals surface area contributed by atoms with Crippen molar-refractivity contribution in [1.29, 1.82) is 0 Å². The zero-order valence-corrected chi connectivity index (χ0v) is 12.5. The summed E-state index contributed by atoms with van der Waals surface area (Å²) in [5.41, 5.74) is 11.1. The maximum absolute atomic E-state index is 5.94. The van der Waals surface area contributed by atoms with Crippen molar-refractivity contribution in [3.8, 4) is 0 Å². The molecule has 20 heavy (non-hydrogen) atoms. The Bertz CT molecular complexity index is 530. The molecule has 0 fully saturated rings. The van der Waals surface area contributed by atoms with Gasteiger partial charge in [-0.25, -0.2) is 0 Å². The van der Waals surface area contributed by atoms with Crippen molar-refractivity contribution in [2.75, 3.05) is 18.0 Å². The Hall–Kier alpha value is -1.80. The van der Waals surface area contributed by atoms with Gasteiger partial charge in [-0.3, -0.25) is 0 Å². The van der Waals surface area contributed by atoms with Crippen molar-refractivity contribution < 1.29 is 0 Å². The first-order chi connectivity index (χ1) is 9.78. The second-order valence-corrected chi connectivity index (χ2v) is 4.99. The normalized spacial score (nSPS) is 10.6. The minimum atomic E-state index is 0.595. The Morgan fingerprint density at radius 1 is 0.900 bits per heavy atom. The van der Waals surface area contributed by atoms with Crippen LogP contribution in [0.1, 0.15) is 30.5 Å². The van der Waals surface area contributed by atoms with Crippen LogP contribution in [0.15, 0.2) is 48.5 Å². The van der Waals surface area contributed by atoms with Gasteiger partial charge in [0.2, 0.25) is 0 Å². The SMILES string of the molecule is CCN(CC)c1ccc(Cc2ccccc2)c(CN)c1. The molecule has 0 atom stereocenters. The third-order valence-electron chi connectivity index (χ3n) is 3.78. The Labute approximate surface area is 122 Å². The fraction of sp³-hybridized carbons (Fsp3) is 0.333. The minimum absolute atomic E-state index is 0.595. The van der Waals surface area contributed by atoms with Crippen LogP contribution >= 0.6 is 0 Å². The predicted octanol–water partition coefficient (Wildman–Crippen LogP) is 3.58. The molecule has 2 rings (SSSR count). The van der Waals surface area contributed by atoms with Gasteiger partial charge in [-0.1, -0.05) is 36.4 Å². The molecule has 106 valence electrons. The first-order valence-electron chi connectivity index (χ1n) is 7.39. The van der Waals surface area contributed by atoms with Gasteiger partial charge in [0.25, 0.3) is 0 Å². The van der Waals surface area contributed by atoms with Crippen LogP contribution in [-0.2, 0) is 13.0 Å². The molecule has 2 aromatic carbocycles. The van der Waals surface area contributed by atoms with Crippen LogP contribution in [0.2, 0.25) is 0 Å². The lowest BCUT2D eigenvalue weighted by atomic mass is 9.99. The number of anilines is 1. The van der Waals surface area contributed by atoms with Gasteiger partial charge >= 0.3 is 0 Å². The van der Waals surface area contributed by atoms with Crippen LogP contribution in [0.25, 0.3) is 0 Å². The maximum atomic E-state index is 5.94. The monoisotopic (exact) mass is 268 g/mol. The molecule has 0 unspecified atom stereocenters. The van der Waals surface area contributed by atoms with E-state index in [0.29, 0.717) is 6.54 Å². The first-order valence-corrected chi connectivity index (χ1v) is 7.39. The second kappa shape index (κ2) is 7.11. The van der Waals surface area contributed by atoms with Crippen LogP contribution in [0.5, 0.6) is 0 Å². The Kier molecular flexibility index (Phi) is 5.19. The molecule has 0 saturated heterocycles. The molecule has 0 aliphatic rings. The summed E-state index contributed by atoms with van der Waals surface area (Å²) in [6, 6.07) is 17.2. The Balaban J connectivity index is 2.26. The van der Waals surface area contributed by atoms with Crippen molar-refractivity contribution >= 4 is 5.69 Å². The van der Waals surface area contributed by atoms with Gasteiger partial charge in [-0.05, 0) is 49.1 Å². The van der Waals surface area contributed by atoms with E-state index in [9.17, 15) is 0 Å². The first kappa shape index (κ1) is 14.6. The minimum Gasteiger partial charge on any atom is -0.372 e. The highest BCUT2D eigenvalue weighted by atomic mass is 15.1. The van der Waals surface area contributed by atoms with Crippen LogP contribution in [0.3, 0.4) is 0 Å². The lowest BCUT2D eigenvalue weighted by molar-refractivity contribution is 0.862. The van der Waals surface area contributed by atoms with E-state index in [1.165, 1.54) is 22.4 Å². The summed E-state index contributed by atoms with van der Waals surface area (Å²) in [4.78, 5) is 2.35. The zero-order chi connectivity index (χ0) is 14.4. The van der Waals surface area contributed by atoms with E-state index in [2.05, 4.69) is 67.3 Å². The number of hydrogen-bond acceptors (Lipinski definition) is 2. The summed E-state index contributed by atoms with van der Waals surface area (Å²) >= 11 is 0. The summed E-state index contributed by atoms with van der Waals surface area (Å²) in [5, 5.41) is 0. The third-order valence-corrected chi connectivity index (χ3v) is 3.78. The van der Waals surface area contributed by atoms with Crippen molar-refractivity contribution in [2.45, 2.75) is 26.8 Å². The number of nitrogens with zero attached hydrogens (tertiary/aromatic N) is 1. The molecular weight excluding hydrogens is 244 g/mol. The smallest absolute Gasteiger partial charge is 0.0369 e. The van der Waals surface area contributed by atoms with Crippen molar-refractivity contribution in [3.63, 3.8) is 0 Å². The largest absolute Gasteiger partial charge is 0.372 e. The van der Waals surface area contributed by atoms with E-state index < -0.39 is 0 Å². The molecule has 0 heterocycles. The quantitative estimate of drug-likeness (QED) is 0.867. The zero-order valence-electron chi connectivity index (χ0n) is 12.5. The van der Waals surface area contributed by atoms with E-state index in [-0.39, 0.29) is 0 Å². The standard InChI is InChI=1S/C18H24N2/c1-3-20(4-2)18-11-10-16(17(13-18)14-19)12-15-8-6-5-7-9-15/h5-11,13H,3-4,12,14,19H2,1-2H3. The van der Waals surface area contributed by atoms with E-state index in [4.69, 9.17) is 5.73 Å². The van der Waals surface area contributed by atoms with Crippen LogP contribution < -0.4 is 10.6 Å². The number of hydrogen-bond donors (Lipinski definition) is 1. The molecule has 0 bridgehead atoms. The number of nitrogens with two attached hydrogens (primary N) is 1. The van der Waals surface area contributed by atoms with Crippen LogP contribution in [0, 0.1) is 0 Å². The molecule has 0 aliphatic carbocycles. The summed E-state index contributed by atoms with van der Waals surface area (Å²) in [7, 11) is 0. The lowest BCUT2D eigenvalue weighted by Gasteiger charge is -2.22. The second-order valence-electron chi connectivity index (χ2n) is 4.99. The maximum Gasteiger partial charge on any atom is 0.0369 e. The average molecular weight is 268 g/mol. The van der Waals surface area contributed by atoms with E-state index in [0.717, 1.165) is 19.5 Å². The van der Waals surface area contributed by atoms with Gasteiger partial charge in [0.05, 0.1) is 0 Å². The molecule has 0 amide bonds.